The van der Waals surface area contributed by atoms with E-state index in [0.717, 1.165) is 86.5 Å². The Morgan fingerprint density at radius 1 is 0.975 bits per heavy atom. The van der Waals surface area contributed by atoms with Crippen molar-refractivity contribution in [1.82, 2.24) is 4.98 Å². The maximum Gasteiger partial charge on any atom is 0.230 e. The van der Waals surface area contributed by atoms with Crippen LogP contribution in [0, 0.1) is 18.8 Å². The number of rotatable bonds is 8. The molecule has 212 valence electrons. The highest BCUT2D eigenvalue weighted by Crippen LogP contribution is 2.41. The molecule has 3 aromatic rings. The highest BCUT2D eigenvalue weighted by Gasteiger charge is 2.33. The lowest BCUT2D eigenvalue weighted by atomic mass is 9.78. The van der Waals surface area contributed by atoms with Gasteiger partial charge in [0.05, 0.1) is 13.2 Å². The molecule has 1 heterocycles. The predicted molar refractivity (Wildman–Crippen MR) is 157 cm³/mol. The number of hydrogen-bond donors (Lipinski definition) is 1. The molecule has 6 heteroatoms. The van der Waals surface area contributed by atoms with Crippen LogP contribution in [-0.2, 0) is 4.79 Å². The Hall–Kier alpha value is -3.12. The van der Waals surface area contributed by atoms with Crippen molar-refractivity contribution < 1.29 is 19.1 Å². The molecule has 0 unspecified atom stereocenters. The molecule has 6 nitrogen and oxygen atoms in total. The number of aromatic nitrogens is 1. The number of aliphatic hydroxyl groups is 1. The molecular weight excluding hydrogens is 500 g/mol. The number of benzene rings is 2. The molecule has 3 aliphatic rings. The molecule has 1 N–H and O–H groups in total. The van der Waals surface area contributed by atoms with Crippen LogP contribution in [0.3, 0.4) is 0 Å². The minimum absolute atomic E-state index is 0.0285. The molecule has 0 radical (unpaired) electrons. The summed E-state index contributed by atoms with van der Waals surface area (Å²) in [6.45, 7) is 2.85. The molecule has 0 saturated heterocycles. The number of oxazole rings is 1. The van der Waals surface area contributed by atoms with Gasteiger partial charge in [0.1, 0.15) is 17.7 Å². The first-order valence-electron chi connectivity index (χ1n) is 15.2. The summed E-state index contributed by atoms with van der Waals surface area (Å²) in [5.41, 5.74) is 5.36. The molecule has 0 bridgehead atoms. The van der Waals surface area contributed by atoms with Gasteiger partial charge in [-0.3, -0.25) is 4.79 Å². The molecule has 1 aromatic heterocycles. The van der Waals surface area contributed by atoms with Crippen LogP contribution in [0.2, 0.25) is 0 Å². The van der Waals surface area contributed by atoms with E-state index in [1.807, 2.05) is 6.07 Å². The van der Waals surface area contributed by atoms with Gasteiger partial charge in [-0.15, -0.1) is 0 Å². The van der Waals surface area contributed by atoms with Crippen molar-refractivity contribution in [3.8, 4) is 17.0 Å². The second kappa shape index (κ2) is 11.8. The zero-order valence-electron chi connectivity index (χ0n) is 23.9. The van der Waals surface area contributed by atoms with Gasteiger partial charge in [-0.2, -0.15) is 0 Å². The number of aliphatic hydroxyl groups excluding tert-OH is 1. The van der Waals surface area contributed by atoms with Crippen molar-refractivity contribution in [3.05, 3.63) is 65.7 Å². The number of ether oxygens (including phenoxy) is 1. The molecule has 0 aliphatic heterocycles. The molecule has 0 spiro atoms. The Morgan fingerprint density at radius 3 is 2.42 bits per heavy atom. The molecule has 3 aliphatic carbocycles. The van der Waals surface area contributed by atoms with Gasteiger partial charge in [-0.05, 0) is 112 Å². The minimum Gasteiger partial charge on any atom is -0.496 e. The third kappa shape index (κ3) is 5.97. The number of carbonyl (C=O) groups excluding carboxylic acids is 1. The third-order valence-electron chi connectivity index (χ3n) is 9.39. The Balaban J connectivity index is 1.19. The molecule has 1 amide bonds. The van der Waals surface area contributed by atoms with E-state index in [9.17, 15) is 9.90 Å². The highest BCUT2D eigenvalue weighted by molar-refractivity contribution is 5.95. The summed E-state index contributed by atoms with van der Waals surface area (Å²) in [4.78, 5) is 20.8. The van der Waals surface area contributed by atoms with Gasteiger partial charge in [-0.25, -0.2) is 4.98 Å². The maximum atomic E-state index is 14.0. The molecule has 2 aromatic carbocycles. The summed E-state index contributed by atoms with van der Waals surface area (Å²) in [6, 6.07) is 14.8. The number of nitrogens with zero attached hydrogens (tertiary/aromatic N) is 2. The van der Waals surface area contributed by atoms with Crippen molar-refractivity contribution in [2.45, 2.75) is 89.1 Å². The maximum absolute atomic E-state index is 14.0. The molecule has 40 heavy (non-hydrogen) atoms. The fraction of sp³-hybridized carbons (Fsp3) is 0.529. The van der Waals surface area contributed by atoms with E-state index in [1.165, 1.54) is 11.1 Å². The minimum atomic E-state index is -0.273. The highest BCUT2D eigenvalue weighted by atomic mass is 16.5. The predicted octanol–water partition coefficient (Wildman–Crippen LogP) is 7.39. The SMILES string of the molecule is COc1ccc([C@H]2CC[C@H](CN(c3cccc(-c4coc(C5CC5)n4)c3)C(=O)[C@H]3CC[C@H](O)CC3)CC2)cc1C. The van der Waals surface area contributed by atoms with Crippen LogP contribution in [0.1, 0.15) is 93.1 Å². The second-order valence-corrected chi connectivity index (χ2v) is 12.3. The number of hydrogen-bond acceptors (Lipinski definition) is 5. The first kappa shape index (κ1) is 27.1. The van der Waals surface area contributed by atoms with Crippen LogP contribution in [-0.4, -0.2) is 35.8 Å². The van der Waals surface area contributed by atoms with Crippen molar-refractivity contribution >= 4 is 11.6 Å². The normalized spacial score (nSPS) is 25.0. The fourth-order valence-corrected chi connectivity index (χ4v) is 6.73. The monoisotopic (exact) mass is 542 g/mol. The molecule has 0 atom stereocenters. The summed E-state index contributed by atoms with van der Waals surface area (Å²) in [6.07, 6.45) is 11.2. The molecule has 3 fully saturated rings. The zero-order chi connectivity index (χ0) is 27.6. The van der Waals surface area contributed by atoms with Gasteiger partial charge in [-0.1, -0.05) is 24.3 Å². The van der Waals surface area contributed by atoms with Gasteiger partial charge in [0, 0.05) is 29.6 Å². The van der Waals surface area contributed by atoms with Crippen molar-refractivity contribution in [3.63, 3.8) is 0 Å². The topological polar surface area (TPSA) is 75.8 Å². The van der Waals surface area contributed by atoms with Crippen LogP contribution in [0.5, 0.6) is 5.75 Å². The summed E-state index contributed by atoms with van der Waals surface area (Å²) in [5.74, 6) is 3.44. The quantitative estimate of drug-likeness (QED) is 0.321. The number of amides is 1. The smallest absolute Gasteiger partial charge is 0.230 e. The largest absolute Gasteiger partial charge is 0.496 e. The van der Waals surface area contributed by atoms with Gasteiger partial charge in [0.2, 0.25) is 5.91 Å². The lowest BCUT2D eigenvalue weighted by Gasteiger charge is -2.36. The Kier molecular flexibility index (Phi) is 7.97. The average Bonchev–Trinajstić information content (AvgIpc) is 3.72. The average molecular weight is 543 g/mol. The Morgan fingerprint density at radius 2 is 1.73 bits per heavy atom. The summed E-state index contributed by atoms with van der Waals surface area (Å²) in [7, 11) is 1.72. The second-order valence-electron chi connectivity index (χ2n) is 12.3. The van der Waals surface area contributed by atoms with Gasteiger partial charge < -0.3 is 19.2 Å². The van der Waals surface area contributed by atoms with E-state index < -0.39 is 0 Å². The lowest BCUT2D eigenvalue weighted by molar-refractivity contribution is -0.124. The van der Waals surface area contributed by atoms with E-state index in [1.54, 1.807) is 13.4 Å². The molecular formula is C34H42N2O4. The van der Waals surface area contributed by atoms with Crippen molar-refractivity contribution in [1.29, 1.82) is 0 Å². The summed E-state index contributed by atoms with van der Waals surface area (Å²) < 4.78 is 11.2. The Labute approximate surface area is 237 Å². The van der Waals surface area contributed by atoms with Gasteiger partial charge >= 0.3 is 0 Å². The lowest BCUT2D eigenvalue weighted by Crippen LogP contribution is -2.41. The number of carbonyl (C=O) groups is 1. The van der Waals surface area contributed by atoms with Gasteiger partial charge in [0.25, 0.3) is 0 Å². The standard InChI is InChI=1S/C34H42N2O4/c1-22-18-27(14-17-32(22)39-2)24-8-6-23(7-9-24)20-36(34(38)26-12-15-30(37)16-13-26)29-5-3-4-28(19-29)31-21-40-33(35-31)25-10-11-25/h3-5,14,17-19,21,23-26,30,37H,6-13,15-16,20H2,1-2H3/t23-,24-,26-,30-. The van der Waals surface area contributed by atoms with Gasteiger partial charge in [0.15, 0.2) is 5.89 Å². The van der Waals surface area contributed by atoms with E-state index >= 15 is 0 Å². The van der Waals surface area contributed by atoms with Crippen molar-refractivity contribution in [2.24, 2.45) is 11.8 Å². The first-order chi connectivity index (χ1) is 19.5. The van der Waals surface area contributed by atoms with E-state index in [4.69, 9.17) is 14.1 Å². The summed E-state index contributed by atoms with van der Waals surface area (Å²) in [5, 5.41) is 10.1. The molecule has 6 rings (SSSR count). The number of methoxy groups -OCH3 is 1. The van der Waals surface area contributed by atoms with Crippen LogP contribution in [0.15, 0.2) is 53.1 Å². The van der Waals surface area contributed by atoms with E-state index in [2.05, 4.69) is 48.2 Å². The van der Waals surface area contributed by atoms with Crippen molar-refractivity contribution in [2.75, 3.05) is 18.6 Å². The van der Waals surface area contributed by atoms with Crippen LogP contribution in [0.25, 0.3) is 11.3 Å². The van der Waals surface area contributed by atoms with Crippen LogP contribution < -0.4 is 9.64 Å². The van der Waals surface area contributed by atoms with Crippen LogP contribution >= 0.6 is 0 Å². The third-order valence-corrected chi connectivity index (χ3v) is 9.39. The number of anilines is 1. The zero-order valence-corrected chi connectivity index (χ0v) is 23.9. The first-order valence-corrected chi connectivity index (χ1v) is 15.2. The fourth-order valence-electron chi connectivity index (χ4n) is 6.73. The van der Waals surface area contributed by atoms with E-state index in [0.29, 0.717) is 30.6 Å². The molecule has 3 saturated carbocycles. The van der Waals surface area contributed by atoms with Crippen LogP contribution in [0.4, 0.5) is 5.69 Å². The Bertz CT molecular complexity index is 1310. The number of aryl methyl sites for hydroxylation is 1. The van der Waals surface area contributed by atoms with E-state index in [-0.39, 0.29) is 17.9 Å². The summed E-state index contributed by atoms with van der Waals surface area (Å²) >= 11 is 0.